The normalized spacial score (nSPS) is 16.4. The number of aryl methyl sites for hydroxylation is 1. The lowest BCUT2D eigenvalue weighted by atomic mass is 9.86. The van der Waals surface area contributed by atoms with Gasteiger partial charge in [0.1, 0.15) is 11.4 Å². The lowest BCUT2D eigenvalue weighted by molar-refractivity contribution is -0.141. The predicted molar refractivity (Wildman–Crippen MR) is 110 cm³/mol. The van der Waals surface area contributed by atoms with Crippen molar-refractivity contribution in [1.82, 2.24) is 0 Å². The Labute approximate surface area is 172 Å². The van der Waals surface area contributed by atoms with Gasteiger partial charge in [0.25, 0.3) is 0 Å². The van der Waals surface area contributed by atoms with Gasteiger partial charge in [0, 0.05) is 17.2 Å². The van der Waals surface area contributed by atoms with Crippen LogP contribution in [-0.2, 0) is 25.8 Å². The monoisotopic (exact) mass is 466 g/mol. The number of ether oxygens (including phenoxy) is 1. The summed E-state index contributed by atoms with van der Waals surface area (Å²) in [6.45, 7) is 3.57. The van der Waals surface area contributed by atoms with Crippen LogP contribution in [0.25, 0.3) is 11.1 Å². The second-order valence-corrected chi connectivity index (χ2v) is 9.97. The number of esters is 1. The van der Waals surface area contributed by atoms with Gasteiger partial charge in [-0.15, -0.1) is 0 Å². The zero-order chi connectivity index (χ0) is 20.7. The van der Waals surface area contributed by atoms with Gasteiger partial charge < -0.3 is 4.74 Å². The van der Waals surface area contributed by atoms with Crippen LogP contribution in [0.5, 0.6) is 0 Å². The molecule has 0 unspecified atom stereocenters. The number of alkyl halides is 1. The average molecular weight is 467 g/mol. The minimum absolute atomic E-state index is 0.266. The largest absolute Gasteiger partial charge is 0.451 e. The fraction of sp³-hybridized carbons (Fsp3) is 0.286. The summed E-state index contributed by atoms with van der Waals surface area (Å²) in [6, 6.07) is 10.7. The Balaban J connectivity index is 2.27. The molecular weight excluding hydrogens is 447 g/mol. The highest BCUT2D eigenvalue weighted by Gasteiger charge is 2.41. The fourth-order valence-corrected chi connectivity index (χ4v) is 4.88. The zero-order valence-electron chi connectivity index (χ0n) is 15.8. The number of sulfone groups is 1. The van der Waals surface area contributed by atoms with Crippen molar-refractivity contribution in [3.8, 4) is 0 Å². The molecule has 1 aliphatic heterocycles. The topological polar surface area (TPSA) is 60.4 Å². The molecule has 0 bridgehead atoms. The van der Waals surface area contributed by atoms with Crippen LogP contribution in [0.15, 0.2) is 47.4 Å². The molecule has 0 amide bonds. The molecule has 4 nitrogen and oxygen atoms in total. The van der Waals surface area contributed by atoms with Gasteiger partial charge in [-0.05, 0) is 61.2 Å². The Bertz CT molecular complexity index is 1070. The van der Waals surface area contributed by atoms with Gasteiger partial charge in [-0.25, -0.2) is 17.6 Å². The predicted octanol–water partition coefficient (Wildman–Crippen LogP) is 4.41. The van der Waals surface area contributed by atoms with Crippen LogP contribution in [0.2, 0.25) is 0 Å². The third-order valence-corrected chi connectivity index (χ3v) is 6.24. The maximum Gasteiger partial charge on any atom is 0.340 e. The first kappa shape index (κ1) is 20.7. The third kappa shape index (κ3) is 3.91. The van der Waals surface area contributed by atoms with Crippen molar-refractivity contribution in [3.63, 3.8) is 0 Å². The first-order valence-electron chi connectivity index (χ1n) is 8.68. The Morgan fingerprint density at radius 1 is 1.07 bits per heavy atom. The SMILES string of the molecule is CC1(C)OC(=O)C(c2ccc(F)cc2)=C1c1ccc(S(C)(=O)=O)c(CCBr)c1. The lowest BCUT2D eigenvalue weighted by Gasteiger charge is -2.22. The van der Waals surface area contributed by atoms with E-state index < -0.39 is 27.2 Å². The number of halogens is 2. The molecule has 7 heteroatoms. The number of carbonyl (C=O) groups is 1. The van der Waals surface area contributed by atoms with Gasteiger partial charge >= 0.3 is 5.97 Å². The molecule has 0 atom stereocenters. The van der Waals surface area contributed by atoms with Gasteiger partial charge in [0.15, 0.2) is 9.84 Å². The third-order valence-electron chi connectivity index (χ3n) is 4.65. The Hall–Kier alpha value is -1.99. The quantitative estimate of drug-likeness (QED) is 0.483. The van der Waals surface area contributed by atoms with Crippen molar-refractivity contribution < 1.29 is 22.3 Å². The molecule has 148 valence electrons. The number of cyclic esters (lactones) is 1. The maximum absolute atomic E-state index is 13.3. The first-order valence-corrected chi connectivity index (χ1v) is 11.7. The van der Waals surface area contributed by atoms with Crippen molar-refractivity contribution in [2.75, 3.05) is 11.6 Å². The Kier molecular flexibility index (Phi) is 5.51. The second-order valence-electron chi connectivity index (χ2n) is 7.19. The summed E-state index contributed by atoms with van der Waals surface area (Å²) in [4.78, 5) is 12.9. The number of rotatable bonds is 5. The number of hydrogen-bond acceptors (Lipinski definition) is 4. The number of carbonyl (C=O) groups excluding carboxylic acids is 1. The molecule has 0 aliphatic carbocycles. The molecule has 0 radical (unpaired) electrons. The molecule has 28 heavy (non-hydrogen) atoms. The van der Waals surface area contributed by atoms with Crippen molar-refractivity contribution in [2.24, 2.45) is 0 Å². The van der Waals surface area contributed by atoms with Crippen LogP contribution in [-0.4, -0.2) is 31.6 Å². The van der Waals surface area contributed by atoms with Gasteiger partial charge in [0.2, 0.25) is 0 Å². The van der Waals surface area contributed by atoms with Crippen LogP contribution in [0.3, 0.4) is 0 Å². The molecule has 2 aromatic carbocycles. The summed E-state index contributed by atoms with van der Waals surface area (Å²) in [5.41, 5.74) is 2.04. The van der Waals surface area contributed by atoms with Gasteiger partial charge in [-0.1, -0.05) is 34.1 Å². The highest BCUT2D eigenvalue weighted by Crippen LogP contribution is 2.44. The fourth-order valence-electron chi connectivity index (χ4n) is 3.50. The van der Waals surface area contributed by atoms with Gasteiger partial charge in [-0.3, -0.25) is 0 Å². The number of benzene rings is 2. The lowest BCUT2D eigenvalue weighted by Crippen LogP contribution is -2.22. The van der Waals surface area contributed by atoms with E-state index in [2.05, 4.69) is 15.9 Å². The molecule has 0 N–H and O–H groups in total. The van der Waals surface area contributed by atoms with E-state index in [0.29, 0.717) is 39.6 Å². The molecule has 0 saturated heterocycles. The average Bonchev–Trinajstić information content (AvgIpc) is 2.83. The smallest absolute Gasteiger partial charge is 0.340 e. The maximum atomic E-state index is 13.3. The van der Waals surface area contributed by atoms with Gasteiger partial charge in [0.05, 0.1) is 10.5 Å². The van der Waals surface area contributed by atoms with E-state index in [1.807, 2.05) is 0 Å². The molecule has 1 heterocycles. The Morgan fingerprint density at radius 2 is 1.68 bits per heavy atom. The summed E-state index contributed by atoms with van der Waals surface area (Å²) in [7, 11) is -3.38. The molecular formula is C21H20BrFO4S. The Morgan fingerprint density at radius 3 is 2.25 bits per heavy atom. The van der Waals surface area contributed by atoms with Crippen LogP contribution in [0.4, 0.5) is 4.39 Å². The molecule has 0 spiro atoms. The molecule has 3 rings (SSSR count). The summed E-state index contributed by atoms with van der Waals surface area (Å²) in [5, 5.41) is 0.599. The molecule has 0 saturated carbocycles. The first-order chi connectivity index (χ1) is 13.0. The van der Waals surface area contributed by atoms with Crippen LogP contribution >= 0.6 is 15.9 Å². The summed E-state index contributed by atoms with van der Waals surface area (Å²) >= 11 is 3.36. The van der Waals surface area contributed by atoms with E-state index in [0.717, 1.165) is 0 Å². The van der Waals surface area contributed by atoms with E-state index in [-0.39, 0.29) is 4.90 Å². The van der Waals surface area contributed by atoms with E-state index in [1.54, 1.807) is 32.0 Å². The standard InChI is InChI=1S/C21H20BrFO4S/c1-21(2)19(18(20(24)27-21)13-4-7-16(23)8-5-13)15-6-9-17(28(3,25)26)14(12-15)10-11-22/h4-9,12H,10-11H2,1-3H3. The van der Waals surface area contributed by atoms with E-state index in [1.165, 1.54) is 30.5 Å². The van der Waals surface area contributed by atoms with E-state index in [4.69, 9.17) is 4.74 Å². The van der Waals surface area contributed by atoms with Crippen molar-refractivity contribution in [3.05, 3.63) is 65.0 Å². The van der Waals surface area contributed by atoms with Crippen molar-refractivity contribution >= 4 is 42.9 Å². The van der Waals surface area contributed by atoms with E-state index >= 15 is 0 Å². The minimum atomic E-state index is -3.38. The van der Waals surface area contributed by atoms with Gasteiger partial charge in [-0.2, -0.15) is 0 Å². The second kappa shape index (κ2) is 7.44. The molecule has 0 fully saturated rings. The highest BCUT2D eigenvalue weighted by molar-refractivity contribution is 9.09. The van der Waals surface area contributed by atoms with Crippen LogP contribution in [0, 0.1) is 5.82 Å². The van der Waals surface area contributed by atoms with Crippen LogP contribution in [0.1, 0.15) is 30.5 Å². The molecule has 1 aliphatic rings. The molecule has 0 aromatic heterocycles. The number of hydrogen-bond donors (Lipinski definition) is 0. The summed E-state index contributed by atoms with van der Waals surface area (Å²) in [6.07, 6.45) is 1.69. The van der Waals surface area contributed by atoms with Crippen LogP contribution < -0.4 is 0 Å². The summed E-state index contributed by atoms with van der Waals surface area (Å²) in [5.74, 6) is -0.880. The zero-order valence-corrected chi connectivity index (χ0v) is 18.2. The van der Waals surface area contributed by atoms with Crippen molar-refractivity contribution in [2.45, 2.75) is 30.8 Å². The molecule has 2 aromatic rings. The van der Waals surface area contributed by atoms with Crippen molar-refractivity contribution in [1.29, 1.82) is 0 Å². The van der Waals surface area contributed by atoms with E-state index in [9.17, 15) is 17.6 Å². The minimum Gasteiger partial charge on any atom is -0.451 e. The highest BCUT2D eigenvalue weighted by atomic mass is 79.9. The summed E-state index contributed by atoms with van der Waals surface area (Å²) < 4.78 is 43.2.